The largest absolute Gasteiger partial charge is 0.493 e. The summed E-state index contributed by atoms with van der Waals surface area (Å²) in [4.78, 5) is 0. The Morgan fingerprint density at radius 1 is 1.29 bits per heavy atom. The third-order valence-corrected chi connectivity index (χ3v) is 5.11. The Hall–Kier alpha value is -1.14. The number of rotatable bonds is 5. The van der Waals surface area contributed by atoms with Gasteiger partial charge in [-0.1, -0.05) is 19.3 Å². The third-order valence-electron chi connectivity index (χ3n) is 4.10. The summed E-state index contributed by atoms with van der Waals surface area (Å²) >= 11 is 0. The van der Waals surface area contributed by atoms with Crippen molar-refractivity contribution in [1.29, 1.82) is 0 Å². The third kappa shape index (κ3) is 4.68. The second-order valence-electron chi connectivity index (χ2n) is 6.07. The summed E-state index contributed by atoms with van der Waals surface area (Å²) in [6.07, 6.45) is 4.68. The van der Waals surface area contributed by atoms with Crippen LogP contribution in [0.2, 0.25) is 0 Å². The van der Waals surface area contributed by atoms with Crippen molar-refractivity contribution in [2.24, 2.45) is 10.6 Å². The summed E-state index contributed by atoms with van der Waals surface area (Å²) in [6.45, 7) is 1.97. The Balaban J connectivity index is 2.10. The average Bonchev–Trinajstić information content (AvgIpc) is 2.39. The van der Waals surface area contributed by atoms with Crippen molar-refractivity contribution in [3.63, 3.8) is 0 Å². The molecule has 21 heavy (non-hydrogen) atoms. The number of benzene rings is 1. The molecule has 0 saturated heterocycles. The number of ether oxygens (including phenoxy) is 1. The van der Waals surface area contributed by atoms with E-state index in [1.54, 1.807) is 19.1 Å². The second kappa shape index (κ2) is 6.32. The zero-order valence-corrected chi connectivity index (χ0v) is 13.1. The first-order valence-corrected chi connectivity index (χ1v) is 8.91. The molecule has 0 heterocycles. The molecule has 118 valence electrons. The molecular formula is C15H22FNO3S. The molecule has 1 aromatic carbocycles. The van der Waals surface area contributed by atoms with Crippen molar-refractivity contribution < 1.29 is 17.5 Å². The van der Waals surface area contributed by atoms with Crippen LogP contribution in [0.25, 0.3) is 0 Å². The van der Waals surface area contributed by atoms with E-state index in [0.29, 0.717) is 17.9 Å². The van der Waals surface area contributed by atoms with Gasteiger partial charge in [0.2, 0.25) is 10.0 Å². The van der Waals surface area contributed by atoms with Gasteiger partial charge in [-0.25, -0.2) is 17.9 Å². The second-order valence-corrected chi connectivity index (χ2v) is 7.68. The lowest BCUT2D eigenvalue weighted by Crippen LogP contribution is -2.40. The molecule has 4 nitrogen and oxygen atoms in total. The monoisotopic (exact) mass is 315 g/mol. The van der Waals surface area contributed by atoms with E-state index >= 15 is 0 Å². The van der Waals surface area contributed by atoms with Crippen LogP contribution in [0.1, 0.15) is 37.7 Å². The lowest BCUT2D eigenvalue weighted by atomic mass is 9.76. The predicted molar refractivity (Wildman–Crippen MR) is 80.1 cm³/mol. The highest BCUT2D eigenvalue weighted by molar-refractivity contribution is 7.89. The zero-order valence-electron chi connectivity index (χ0n) is 12.3. The molecule has 6 heteroatoms. The summed E-state index contributed by atoms with van der Waals surface area (Å²) in [5, 5.41) is 5.23. The Bertz CT molecular complexity index is 595. The molecule has 2 rings (SSSR count). The van der Waals surface area contributed by atoms with E-state index in [-0.39, 0.29) is 11.6 Å². The van der Waals surface area contributed by atoms with Crippen LogP contribution < -0.4 is 9.88 Å². The standard InChI is InChI=1S/C15H22FNO3S/c1-12-9-13(5-6-14(12)16)20-10-15(11-21(17,18)19)7-3-2-4-8-15/h5-6,9H,2-4,7-8,10-11H2,1H3,(H2,17,18,19). The number of aryl methyl sites for hydroxylation is 1. The minimum atomic E-state index is -3.54. The van der Waals surface area contributed by atoms with Crippen molar-refractivity contribution in [3.8, 4) is 5.75 Å². The van der Waals surface area contributed by atoms with Gasteiger partial charge in [-0.15, -0.1) is 0 Å². The van der Waals surface area contributed by atoms with Gasteiger partial charge in [-0.2, -0.15) is 0 Å². The quantitative estimate of drug-likeness (QED) is 0.908. The number of primary sulfonamides is 1. The van der Waals surface area contributed by atoms with E-state index in [2.05, 4.69) is 0 Å². The molecule has 0 atom stereocenters. The summed E-state index contributed by atoms with van der Waals surface area (Å²) in [5.41, 5.74) is 0.0883. The molecule has 0 unspecified atom stereocenters. The van der Waals surface area contributed by atoms with Gasteiger partial charge in [0.1, 0.15) is 11.6 Å². The minimum absolute atomic E-state index is 0.0554. The van der Waals surface area contributed by atoms with Crippen LogP contribution in [0.5, 0.6) is 5.75 Å². The molecule has 0 radical (unpaired) electrons. The normalized spacial score (nSPS) is 18.4. The fourth-order valence-corrected chi connectivity index (χ4v) is 4.23. The van der Waals surface area contributed by atoms with Crippen LogP contribution in [-0.2, 0) is 10.0 Å². The van der Waals surface area contributed by atoms with Crippen molar-refractivity contribution in [2.75, 3.05) is 12.4 Å². The number of hydrogen-bond acceptors (Lipinski definition) is 3. The van der Waals surface area contributed by atoms with E-state index in [0.717, 1.165) is 32.1 Å². The van der Waals surface area contributed by atoms with Crippen LogP contribution in [0.15, 0.2) is 18.2 Å². The lowest BCUT2D eigenvalue weighted by Gasteiger charge is -2.36. The topological polar surface area (TPSA) is 69.4 Å². The van der Waals surface area contributed by atoms with Crippen molar-refractivity contribution in [3.05, 3.63) is 29.6 Å². The highest BCUT2D eigenvalue weighted by Gasteiger charge is 2.36. The van der Waals surface area contributed by atoms with Gasteiger partial charge in [-0.3, -0.25) is 0 Å². The van der Waals surface area contributed by atoms with Gasteiger partial charge in [0.25, 0.3) is 0 Å². The molecule has 0 amide bonds. The number of hydrogen-bond donors (Lipinski definition) is 1. The molecule has 2 N–H and O–H groups in total. The molecule has 1 aromatic rings. The predicted octanol–water partition coefficient (Wildman–Crippen LogP) is 2.75. The first-order valence-electron chi connectivity index (χ1n) is 7.19. The van der Waals surface area contributed by atoms with Crippen LogP contribution in [-0.4, -0.2) is 20.8 Å². The summed E-state index contributed by atoms with van der Waals surface area (Å²) < 4.78 is 42.0. The molecule has 1 saturated carbocycles. The molecule has 0 aliphatic heterocycles. The van der Waals surface area contributed by atoms with Crippen LogP contribution in [0, 0.1) is 18.2 Å². The molecule has 0 bridgehead atoms. The smallest absolute Gasteiger partial charge is 0.209 e. The fourth-order valence-electron chi connectivity index (χ4n) is 3.00. The maximum Gasteiger partial charge on any atom is 0.209 e. The summed E-state index contributed by atoms with van der Waals surface area (Å²) in [6, 6.07) is 4.55. The Kier molecular flexibility index (Phi) is 4.88. The minimum Gasteiger partial charge on any atom is -0.493 e. The van der Waals surface area contributed by atoms with E-state index in [9.17, 15) is 12.8 Å². The molecular weight excluding hydrogens is 293 g/mol. The lowest BCUT2D eigenvalue weighted by molar-refractivity contribution is 0.118. The Morgan fingerprint density at radius 2 is 1.95 bits per heavy atom. The molecule has 1 fully saturated rings. The highest BCUT2D eigenvalue weighted by atomic mass is 32.2. The summed E-state index contributed by atoms with van der Waals surface area (Å²) in [7, 11) is -3.54. The first-order chi connectivity index (χ1) is 9.80. The van der Waals surface area contributed by atoms with E-state index in [1.807, 2.05) is 0 Å². The van der Waals surface area contributed by atoms with E-state index in [4.69, 9.17) is 9.88 Å². The molecule has 1 aliphatic carbocycles. The van der Waals surface area contributed by atoms with Gasteiger partial charge >= 0.3 is 0 Å². The van der Waals surface area contributed by atoms with Crippen molar-refractivity contribution >= 4 is 10.0 Å². The highest BCUT2D eigenvalue weighted by Crippen LogP contribution is 2.37. The molecule has 1 aliphatic rings. The maximum atomic E-state index is 13.2. The van der Waals surface area contributed by atoms with Gasteiger partial charge in [-0.05, 0) is 43.5 Å². The zero-order chi connectivity index (χ0) is 15.5. The van der Waals surface area contributed by atoms with Crippen LogP contribution >= 0.6 is 0 Å². The SMILES string of the molecule is Cc1cc(OCC2(CS(N)(=O)=O)CCCCC2)ccc1F. The maximum absolute atomic E-state index is 13.2. The first kappa shape index (κ1) is 16.2. The van der Waals surface area contributed by atoms with Crippen LogP contribution in [0.3, 0.4) is 0 Å². The van der Waals surface area contributed by atoms with Gasteiger partial charge in [0.15, 0.2) is 0 Å². The van der Waals surface area contributed by atoms with Crippen molar-refractivity contribution in [2.45, 2.75) is 39.0 Å². The molecule has 0 spiro atoms. The number of nitrogens with two attached hydrogens (primary N) is 1. The van der Waals surface area contributed by atoms with Gasteiger partial charge in [0.05, 0.1) is 12.4 Å². The number of halogens is 1. The van der Waals surface area contributed by atoms with Crippen LogP contribution in [0.4, 0.5) is 4.39 Å². The Labute approximate surface area is 125 Å². The van der Waals surface area contributed by atoms with Gasteiger partial charge < -0.3 is 4.74 Å². The molecule has 0 aromatic heterocycles. The summed E-state index contributed by atoms with van der Waals surface area (Å²) in [5.74, 6) is 0.229. The van der Waals surface area contributed by atoms with Crippen molar-refractivity contribution in [1.82, 2.24) is 0 Å². The fraction of sp³-hybridized carbons (Fsp3) is 0.600. The van der Waals surface area contributed by atoms with E-state index in [1.165, 1.54) is 6.07 Å². The average molecular weight is 315 g/mol. The Morgan fingerprint density at radius 3 is 2.52 bits per heavy atom. The number of sulfonamides is 1. The van der Waals surface area contributed by atoms with E-state index < -0.39 is 15.4 Å². The van der Waals surface area contributed by atoms with Gasteiger partial charge in [0, 0.05) is 5.41 Å².